The number of rotatable bonds is 4. The first-order valence-electron chi connectivity index (χ1n) is 6.63. The summed E-state index contributed by atoms with van der Waals surface area (Å²) in [7, 11) is 0. The first-order valence-corrected chi connectivity index (χ1v) is 7.61. The van der Waals surface area contributed by atoms with Crippen LogP contribution in [0, 0.1) is 12.8 Å². The van der Waals surface area contributed by atoms with E-state index in [0.29, 0.717) is 6.04 Å². The number of nitrogens with one attached hydrogen (secondary N) is 1. The zero-order valence-electron chi connectivity index (χ0n) is 11.4. The van der Waals surface area contributed by atoms with Crippen LogP contribution in [0.25, 0.3) is 0 Å². The van der Waals surface area contributed by atoms with Crippen molar-refractivity contribution in [3.05, 3.63) is 35.4 Å². The molecule has 2 rings (SSSR count). The Morgan fingerprint density at radius 2 is 2.28 bits per heavy atom. The lowest BCUT2D eigenvalue weighted by molar-refractivity contribution is 0.502. The largest absolute Gasteiger partial charge is 0.361 e. The van der Waals surface area contributed by atoms with Crippen molar-refractivity contribution < 1.29 is 0 Å². The quantitative estimate of drug-likeness (QED) is 0.896. The molecular weight excluding hydrogens is 240 g/mol. The van der Waals surface area contributed by atoms with Crippen molar-refractivity contribution in [1.29, 1.82) is 0 Å². The first-order chi connectivity index (χ1) is 8.63. The lowest BCUT2D eigenvalue weighted by Crippen LogP contribution is -2.28. The van der Waals surface area contributed by atoms with Crippen LogP contribution in [0.15, 0.2) is 29.3 Å². The SMILES string of the molecule is Cc1cccc(CN=C2NC(CC(C)C)CS2)c1. The molecule has 18 heavy (non-hydrogen) atoms. The van der Waals surface area contributed by atoms with Crippen LogP contribution in [0.4, 0.5) is 0 Å². The van der Waals surface area contributed by atoms with Gasteiger partial charge in [0.25, 0.3) is 0 Å². The van der Waals surface area contributed by atoms with E-state index in [1.165, 1.54) is 17.5 Å². The molecule has 3 heteroatoms. The summed E-state index contributed by atoms with van der Waals surface area (Å²) in [4.78, 5) is 4.66. The summed E-state index contributed by atoms with van der Waals surface area (Å²) in [5.74, 6) is 1.91. The highest BCUT2D eigenvalue weighted by Gasteiger charge is 2.20. The number of benzene rings is 1. The Morgan fingerprint density at radius 1 is 1.44 bits per heavy atom. The zero-order chi connectivity index (χ0) is 13.0. The Labute approximate surface area is 114 Å². The Bertz CT molecular complexity index is 426. The van der Waals surface area contributed by atoms with Gasteiger partial charge in [-0.15, -0.1) is 0 Å². The Hall–Kier alpha value is -0.960. The van der Waals surface area contributed by atoms with Gasteiger partial charge in [-0.3, -0.25) is 4.99 Å². The molecule has 1 aliphatic rings. The van der Waals surface area contributed by atoms with E-state index in [4.69, 9.17) is 0 Å². The highest BCUT2D eigenvalue weighted by Crippen LogP contribution is 2.19. The average molecular weight is 262 g/mol. The van der Waals surface area contributed by atoms with Gasteiger partial charge in [-0.05, 0) is 24.8 Å². The summed E-state index contributed by atoms with van der Waals surface area (Å²) in [6.45, 7) is 7.45. The molecule has 0 aliphatic carbocycles. The fourth-order valence-electron chi connectivity index (χ4n) is 2.20. The van der Waals surface area contributed by atoms with Crippen LogP contribution in [0.1, 0.15) is 31.4 Å². The third-order valence-corrected chi connectivity index (χ3v) is 4.08. The minimum absolute atomic E-state index is 0.603. The van der Waals surface area contributed by atoms with E-state index in [-0.39, 0.29) is 0 Å². The van der Waals surface area contributed by atoms with Crippen molar-refractivity contribution in [2.75, 3.05) is 5.75 Å². The van der Waals surface area contributed by atoms with E-state index < -0.39 is 0 Å². The molecule has 1 N–H and O–H groups in total. The first kappa shape index (κ1) is 13.5. The zero-order valence-corrected chi connectivity index (χ0v) is 12.3. The minimum atomic E-state index is 0.603. The van der Waals surface area contributed by atoms with Crippen LogP contribution in [-0.2, 0) is 6.54 Å². The van der Waals surface area contributed by atoms with Crippen LogP contribution in [0.5, 0.6) is 0 Å². The maximum absolute atomic E-state index is 4.66. The molecule has 0 aromatic heterocycles. The molecule has 98 valence electrons. The maximum Gasteiger partial charge on any atom is 0.157 e. The van der Waals surface area contributed by atoms with Crippen LogP contribution in [0.3, 0.4) is 0 Å². The average Bonchev–Trinajstić information content (AvgIpc) is 2.73. The second-order valence-electron chi connectivity index (χ2n) is 5.39. The fourth-order valence-corrected chi connectivity index (χ4v) is 3.18. The van der Waals surface area contributed by atoms with Gasteiger partial charge < -0.3 is 5.32 Å². The summed E-state index contributed by atoms with van der Waals surface area (Å²) >= 11 is 1.85. The van der Waals surface area contributed by atoms with Gasteiger partial charge >= 0.3 is 0 Å². The van der Waals surface area contributed by atoms with Gasteiger partial charge in [-0.2, -0.15) is 0 Å². The van der Waals surface area contributed by atoms with Crippen molar-refractivity contribution in [3.8, 4) is 0 Å². The van der Waals surface area contributed by atoms with Crippen LogP contribution < -0.4 is 5.32 Å². The lowest BCUT2D eigenvalue weighted by atomic mass is 10.1. The summed E-state index contributed by atoms with van der Waals surface area (Å²) < 4.78 is 0. The number of thioether (sulfide) groups is 1. The molecular formula is C15H22N2S. The molecule has 2 nitrogen and oxygen atoms in total. The van der Waals surface area contributed by atoms with E-state index in [1.807, 2.05) is 11.8 Å². The molecule has 0 radical (unpaired) electrons. The molecule has 1 saturated heterocycles. The maximum atomic E-state index is 4.66. The molecule has 1 aromatic carbocycles. The highest BCUT2D eigenvalue weighted by atomic mass is 32.2. The molecule has 0 amide bonds. The smallest absolute Gasteiger partial charge is 0.157 e. The number of aliphatic imine (C=N–C) groups is 1. The van der Waals surface area contributed by atoms with Crippen molar-refractivity contribution in [2.45, 2.75) is 39.8 Å². The summed E-state index contributed by atoms with van der Waals surface area (Å²) in [6.07, 6.45) is 1.23. The van der Waals surface area contributed by atoms with Crippen molar-refractivity contribution in [3.63, 3.8) is 0 Å². The number of amidine groups is 1. The molecule has 1 aliphatic heterocycles. The minimum Gasteiger partial charge on any atom is -0.361 e. The van der Waals surface area contributed by atoms with Crippen LogP contribution >= 0.6 is 11.8 Å². The summed E-state index contributed by atoms with van der Waals surface area (Å²) in [5.41, 5.74) is 2.59. The number of aryl methyl sites for hydroxylation is 1. The summed E-state index contributed by atoms with van der Waals surface area (Å²) in [5, 5.41) is 4.63. The third-order valence-electron chi connectivity index (χ3n) is 2.99. The van der Waals surface area contributed by atoms with Gasteiger partial charge in [0.1, 0.15) is 0 Å². The molecule has 1 fully saturated rings. The fraction of sp³-hybridized carbons (Fsp3) is 0.533. The molecule has 1 atom stereocenters. The van der Waals surface area contributed by atoms with Gasteiger partial charge in [0, 0.05) is 11.8 Å². The Morgan fingerprint density at radius 3 is 3.00 bits per heavy atom. The molecule has 1 heterocycles. The standard InChI is InChI=1S/C15H22N2S/c1-11(2)7-14-10-18-15(17-14)16-9-13-6-4-5-12(3)8-13/h4-6,8,11,14H,7,9-10H2,1-3H3,(H,16,17). The van der Waals surface area contributed by atoms with Gasteiger partial charge in [-0.1, -0.05) is 55.4 Å². The lowest BCUT2D eigenvalue weighted by Gasteiger charge is -2.11. The molecule has 0 bridgehead atoms. The van der Waals surface area contributed by atoms with E-state index in [0.717, 1.165) is 23.4 Å². The van der Waals surface area contributed by atoms with Crippen molar-refractivity contribution in [2.24, 2.45) is 10.9 Å². The van der Waals surface area contributed by atoms with E-state index >= 15 is 0 Å². The Balaban J connectivity index is 1.88. The topological polar surface area (TPSA) is 24.4 Å². The normalized spacial score (nSPS) is 21.6. The number of hydrogen-bond donors (Lipinski definition) is 1. The van der Waals surface area contributed by atoms with Crippen molar-refractivity contribution >= 4 is 16.9 Å². The monoisotopic (exact) mass is 262 g/mol. The van der Waals surface area contributed by atoms with Crippen molar-refractivity contribution in [1.82, 2.24) is 5.32 Å². The second kappa shape index (κ2) is 6.28. The Kier molecular flexibility index (Phi) is 4.70. The van der Waals surface area contributed by atoms with Gasteiger partial charge in [-0.25, -0.2) is 0 Å². The van der Waals surface area contributed by atoms with Crippen LogP contribution in [-0.4, -0.2) is 17.0 Å². The highest BCUT2D eigenvalue weighted by molar-refractivity contribution is 8.14. The van der Waals surface area contributed by atoms with E-state index in [1.54, 1.807) is 0 Å². The molecule has 1 unspecified atom stereocenters. The van der Waals surface area contributed by atoms with E-state index in [9.17, 15) is 0 Å². The predicted molar refractivity (Wildman–Crippen MR) is 81.2 cm³/mol. The third kappa shape index (κ3) is 4.05. The molecule has 1 aromatic rings. The molecule has 0 spiro atoms. The van der Waals surface area contributed by atoms with Gasteiger partial charge in [0.2, 0.25) is 0 Å². The number of nitrogens with zero attached hydrogens (tertiary/aromatic N) is 1. The van der Waals surface area contributed by atoms with Crippen LogP contribution in [0.2, 0.25) is 0 Å². The predicted octanol–water partition coefficient (Wildman–Crippen LogP) is 3.60. The van der Waals surface area contributed by atoms with Gasteiger partial charge in [0.15, 0.2) is 5.17 Å². The van der Waals surface area contributed by atoms with E-state index in [2.05, 4.69) is 55.3 Å². The summed E-state index contributed by atoms with van der Waals surface area (Å²) in [6, 6.07) is 9.17. The molecule has 0 saturated carbocycles. The second-order valence-corrected chi connectivity index (χ2v) is 6.40. The number of hydrogen-bond acceptors (Lipinski definition) is 2. The van der Waals surface area contributed by atoms with Gasteiger partial charge in [0.05, 0.1) is 6.54 Å².